The van der Waals surface area contributed by atoms with Gasteiger partial charge in [0.1, 0.15) is 5.82 Å². The van der Waals surface area contributed by atoms with Crippen LogP contribution in [-0.2, 0) is 10.0 Å². The van der Waals surface area contributed by atoms with Gasteiger partial charge in [-0.05, 0) is 43.7 Å². The minimum absolute atomic E-state index is 0.168. The largest absolute Gasteiger partial charge is 0.321 e. The molecule has 1 aromatic heterocycles. The Bertz CT molecular complexity index is 1130. The Morgan fingerprint density at radius 3 is 2.68 bits per heavy atom. The van der Waals surface area contributed by atoms with Crippen LogP contribution in [0.2, 0.25) is 0 Å². The average Bonchev–Trinajstić information content (AvgIpc) is 2.68. The van der Waals surface area contributed by atoms with Gasteiger partial charge in [0.25, 0.3) is 5.91 Å². The summed E-state index contributed by atoms with van der Waals surface area (Å²) in [5.74, 6) is -1.55. The Kier molecular flexibility index (Phi) is 5.71. The van der Waals surface area contributed by atoms with E-state index in [0.717, 1.165) is 18.2 Å². The molecule has 2 N–H and O–H groups in total. The van der Waals surface area contributed by atoms with Gasteiger partial charge in [-0.3, -0.25) is 9.78 Å². The first kappa shape index (κ1) is 19.9. The highest BCUT2D eigenvalue weighted by Gasteiger charge is 2.21. The maximum atomic E-state index is 14.3. The molecule has 0 aliphatic rings. The molecule has 0 radical (unpaired) electrons. The van der Waals surface area contributed by atoms with Gasteiger partial charge in [-0.25, -0.2) is 17.5 Å². The van der Waals surface area contributed by atoms with Crippen molar-refractivity contribution in [2.24, 2.45) is 0 Å². The zero-order valence-corrected chi connectivity index (χ0v) is 16.3. The topological polar surface area (TPSA) is 88.2 Å². The number of hydrogen-bond donors (Lipinski definition) is 2. The molecule has 8 heteroatoms. The molecular formula is C20H20FN3O3S. The van der Waals surface area contributed by atoms with Gasteiger partial charge in [-0.2, -0.15) is 0 Å². The van der Waals surface area contributed by atoms with Crippen LogP contribution < -0.4 is 10.0 Å². The van der Waals surface area contributed by atoms with Crippen LogP contribution in [0.1, 0.15) is 30.6 Å². The van der Waals surface area contributed by atoms with Gasteiger partial charge in [-0.15, -0.1) is 0 Å². The van der Waals surface area contributed by atoms with Gasteiger partial charge in [-0.1, -0.05) is 25.1 Å². The molecule has 1 amide bonds. The molecule has 0 aliphatic heterocycles. The number of fused-ring (bicyclic) bond motifs is 1. The van der Waals surface area contributed by atoms with E-state index in [4.69, 9.17) is 0 Å². The van der Waals surface area contributed by atoms with Crippen molar-refractivity contribution in [3.05, 3.63) is 66.1 Å². The molecule has 1 heterocycles. The summed E-state index contributed by atoms with van der Waals surface area (Å²) in [5.41, 5.74) is 0.781. The van der Waals surface area contributed by atoms with Gasteiger partial charge in [0.2, 0.25) is 10.0 Å². The normalized spacial score (nSPS) is 12.7. The van der Waals surface area contributed by atoms with E-state index in [-0.39, 0.29) is 16.5 Å². The molecule has 28 heavy (non-hydrogen) atoms. The zero-order valence-electron chi connectivity index (χ0n) is 15.4. The molecule has 146 valence electrons. The smallest absolute Gasteiger partial charge is 0.258 e. The Labute approximate surface area is 162 Å². The second-order valence-corrected chi connectivity index (χ2v) is 8.12. The maximum absolute atomic E-state index is 14.3. The van der Waals surface area contributed by atoms with Crippen LogP contribution in [-0.4, -0.2) is 25.4 Å². The van der Waals surface area contributed by atoms with E-state index in [0.29, 0.717) is 23.0 Å². The van der Waals surface area contributed by atoms with Gasteiger partial charge in [0, 0.05) is 17.6 Å². The molecule has 2 aromatic carbocycles. The highest BCUT2D eigenvalue weighted by atomic mass is 32.2. The van der Waals surface area contributed by atoms with Crippen molar-refractivity contribution < 1.29 is 17.6 Å². The third-order valence-electron chi connectivity index (χ3n) is 4.36. The van der Waals surface area contributed by atoms with Crippen LogP contribution in [0.15, 0.2) is 59.6 Å². The number of pyridine rings is 1. The number of hydrogen-bond acceptors (Lipinski definition) is 4. The van der Waals surface area contributed by atoms with E-state index < -0.39 is 21.7 Å². The molecule has 0 saturated heterocycles. The van der Waals surface area contributed by atoms with E-state index in [1.807, 2.05) is 13.0 Å². The van der Waals surface area contributed by atoms with E-state index in [1.54, 1.807) is 31.2 Å². The van der Waals surface area contributed by atoms with Crippen molar-refractivity contribution >= 4 is 32.5 Å². The summed E-state index contributed by atoms with van der Waals surface area (Å²) in [6, 6.07) is 11.7. The van der Waals surface area contributed by atoms with Crippen LogP contribution >= 0.6 is 0 Å². The van der Waals surface area contributed by atoms with Gasteiger partial charge < -0.3 is 5.32 Å². The molecule has 1 atom stereocenters. The second kappa shape index (κ2) is 8.04. The lowest BCUT2D eigenvalue weighted by Crippen LogP contribution is -2.32. The number of halogens is 1. The first-order valence-corrected chi connectivity index (χ1v) is 10.3. The predicted octanol–water partition coefficient (Wildman–Crippen LogP) is 3.70. The average molecular weight is 401 g/mol. The predicted molar refractivity (Wildman–Crippen MR) is 106 cm³/mol. The first-order chi connectivity index (χ1) is 13.3. The molecule has 3 aromatic rings. The number of rotatable bonds is 6. The zero-order chi connectivity index (χ0) is 20.3. The fourth-order valence-electron chi connectivity index (χ4n) is 2.66. The Morgan fingerprint density at radius 2 is 1.93 bits per heavy atom. The third-order valence-corrected chi connectivity index (χ3v) is 5.95. The van der Waals surface area contributed by atoms with E-state index in [9.17, 15) is 17.6 Å². The molecular weight excluding hydrogens is 381 g/mol. The van der Waals surface area contributed by atoms with E-state index in [1.165, 1.54) is 6.20 Å². The fraction of sp³-hybridized carbons (Fsp3) is 0.200. The van der Waals surface area contributed by atoms with Crippen LogP contribution in [0.5, 0.6) is 0 Å². The van der Waals surface area contributed by atoms with Gasteiger partial charge >= 0.3 is 0 Å². The Morgan fingerprint density at radius 1 is 1.18 bits per heavy atom. The van der Waals surface area contributed by atoms with Crippen molar-refractivity contribution in [1.82, 2.24) is 9.71 Å². The summed E-state index contributed by atoms with van der Waals surface area (Å²) < 4.78 is 41.7. The molecule has 6 nitrogen and oxygen atoms in total. The Hall–Kier alpha value is -2.84. The lowest BCUT2D eigenvalue weighted by atomic mass is 10.1. The van der Waals surface area contributed by atoms with Gasteiger partial charge in [0.15, 0.2) is 0 Å². The summed E-state index contributed by atoms with van der Waals surface area (Å²) in [5, 5.41) is 3.33. The van der Waals surface area contributed by atoms with E-state index in [2.05, 4.69) is 15.0 Å². The minimum Gasteiger partial charge on any atom is -0.321 e. The number of para-hydroxylation sites is 1. The molecule has 0 fully saturated rings. The molecule has 0 saturated carbocycles. The molecule has 1 unspecified atom stereocenters. The summed E-state index contributed by atoms with van der Waals surface area (Å²) in [6.45, 7) is 3.57. The highest BCUT2D eigenvalue weighted by Crippen LogP contribution is 2.23. The highest BCUT2D eigenvalue weighted by molar-refractivity contribution is 7.89. The van der Waals surface area contributed by atoms with Crippen molar-refractivity contribution in [3.63, 3.8) is 0 Å². The number of amides is 1. The van der Waals surface area contributed by atoms with Gasteiger partial charge in [0.05, 0.1) is 21.7 Å². The number of anilines is 1. The van der Waals surface area contributed by atoms with Crippen LogP contribution in [0, 0.1) is 5.82 Å². The van der Waals surface area contributed by atoms with Crippen molar-refractivity contribution in [1.29, 1.82) is 0 Å². The number of aromatic nitrogens is 1. The lowest BCUT2D eigenvalue weighted by molar-refractivity contribution is 0.102. The minimum atomic E-state index is -3.86. The number of carbonyl (C=O) groups is 1. The Balaban J connectivity index is 1.94. The fourth-order valence-corrected chi connectivity index (χ4v) is 4.01. The lowest BCUT2D eigenvalue weighted by Gasteiger charge is -2.13. The number of nitrogens with one attached hydrogen (secondary N) is 2. The maximum Gasteiger partial charge on any atom is 0.258 e. The number of sulfonamides is 1. The standard InChI is InChI=1S/C20H20FN3O3S/c1-3-13(2)24-28(26,27)14-8-9-17(21)16(12-14)20(25)23-19-10-11-22-18-7-5-4-6-15(18)19/h4-13,24H,3H2,1-2H3,(H,22,23,25). The second-order valence-electron chi connectivity index (χ2n) is 6.40. The molecule has 0 aliphatic carbocycles. The SMILES string of the molecule is CCC(C)NS(=O)(=O)c1ccc(F)c(C(=O)Nc2ccnc3ccccc23)c1. The molecule has 3 rings (SSSR count). The number of carbonyl (C=O) groups excluding carboxylic acids is 1. The summed E-state index contributed by atoms with van der Waals surface area (Å²) in [7, 11) is -3.86. The van der Waals surface area contributed by atoms with Crippen LogP contribution in [0.4, 0.5) is 10.1 Å². The van der Waals surface area contributed by atoms with Crippen LogP contribution in [0.25, 0.3) is 10.9 Å². The number of benzene rings is 2. The van der Waals surface area contributed by atoms with Crippen LogP contribution in [0.3, 0.4) is 0 Å². The molecule has 0 spiro atoms. The monoisotopic (exact) mass is 401 g/mol. The van der Waals surface area contributed by atoms with Crippen molar-refractivity contribution in [2.75, 3.05) is 5.32 Å². The molecule has 0 bridgehead atoms. The summed E-state index contributed by atoms with van der Waals surface area (Å²) in [6.07, 6.45) is 2.13. The quantitative estimate of drug-likeness (QED) is 0.659. The van der Waals surface area contributed by atoms with Crippen molar-refractivity contribution in [3.8, 4) is 0 Å². The van der Waals surface area contributed by atoms with E-state index >= 15 is 0 Å². The van der Waals surface area contributed by atoms with Crippen molar-refractivity contribution in [2.45, 2.75) is 31.2 Å². The summed E-state index contributed by atoms with van der Waals surface area (Å²) in [4.78, 5) is 16.7. The number of nitrogens with zero attached hydrogens (tertiary/aromatic N) is 1. The third kappa shape index (κ3) is 4.18. The first-order valence-electron chi connectivity index (χ1n) is 8.79. The summed E-state index contributed by atoms with van der Waals surface area (Å²) >= 11 is 0.